The number of hydrogen-bond acceptors (Lipinski definition) is 4. The number of carbonyl (C=O) groups excluding carboxylic acids is 1. The number of hydrogen-bond donors (Lipinski definition) is 1. The average molecular weight is 378 g/mol. The summed E-state index contributed by atoms with van der Waals surface area (Å²) in [5.41, 5.74) is 3.12. The first-order chi connectivity index (χ1) is 13.6. The van der Waals surface area contributed by atoms with Crippen LogP contribution in [0.1, 0.15) is 42.8 Å². The molecular weight excluding hydrogens is 352 g/mol. The van der Waals surface area contributed by atoms with Crippen molar-refractivity contribution < 1.29 is 13.9 Å². The van der Waals surface area contributed by atoms with Gasteiger partial charge >= 0.3 is 0 Å². The van der Waals surface area contributed by atoms with Gasteiger partial charge in [0.15, 0.2) is 11.7 Å². The summed E-state index contributed by atoms with van der Waals surface area (Å²) in [6.45, 7) is 3.99. The minimum absolute atomic E-state index is 0.00546. The van der Waals surface area contributed by atoms with E-state index in [2.05, 4.69) is 10.3 Å². The fraction of sp³-hybridized carbons (Fsp3) is 0.304. The average Bonchev–Trinajstić information content (AvgIpc) is 3.17. The van der Waals surface area contributed by atoms with Crippen LogP contribution in [0.2, 0.25) is 0 Å². The van der Waals surface area contributed by atoms with E-state index in [1.807, 2.05) is 62.4 Å². The van der Waals surface area contributed by atoms with Gasteiger partial charge in [0.1, 0.15) is 5.75 Å². The minimum Gasteiger partial charge on any atom is -0.496 e. The molecule has 0 aliphatic heterocycles. The number of aryl methyl sites for hydroxylation is 2. The molecule has 3 aromatic rings. The lowest BCUT2D eigenvalue weighted by molar-refractivity contribution is -0.121. The van der Waals surface area contributed by atoms with Gasteiger partial charge in [-0.15, -0.1) is 0 Å². The van der Waals surface area contributed by atoms with Gasteiger partial charge in [-0.25, -0.2) is 4.98 Å². The quantitative estimate of drug-likeness (QED) is 0.608. The highest BCUT2D eigenvalue weighted by atomic mass is 16.5. The third-order valence-corrected chi connectivity index (χ3v) is 4.64. The lowest BCUT2D eigenvalue weighted by Crippen LogP contribution is -2.26. The first-order valence-electron chi connectivity index (χ1n) is 9.51. The Bertz CT molecular complexity index is 919. The van der Waals surface area contributed by atoms with Crippen molar-refractivity contribution in [2.24, 2.45) is 0 Å². The molecule has 0 radical (unpaired) electrons. The van der Waals surface area contributed by atoms with Crippen molar-refractivity contribution in [1.29, 1.82) is 0 Å². The van der Waals surface area contributed by atoms with Crippen molar-refractivity contribution in [3.63, 3.8) is 0 Å². The van der Waals surface area contributed by atoms with Crippen LogP contribution in [0.15, 0.2) is 59.1 Å². The van der Waals surface area contributed by atoms with E-state index in [0.717, 1.165) is 28.2 Å². The molecule has 2 aromatic carbocycles. The number of methoxy groups -OCH3 is 1. The summed E-state index contributed by atoms with van der Waals surface area (Å²) in [5.74, 6) is 2.19. The molecule has 0 aliphatic carbocycles. The van der Waals surface area contributed by atoms with E-state index >= 15 is 0 Å². The molecule has 1 aromatic heterocycles. The first kappa shape index (κ1) is 19.7. The van der Waals surface area contributed by atoms with Crippen LogP contribution in [-0.2, 0) is 11.2 Å². The lowest BCUT2D eigenvalue weighted by Gasteiger charge is -2.18. The molecule has 0 spiro atoms. The van der Waals surface area contributed by atoms with Crippen LogP contribution in [-0.4, -0.2) is 18.0 Å². The topological polar surface area (TPSA) is 64.4 Å². The number of rotatable bonds is 8. The molecule has 0 fully saturated rings. The second-order valence-corrected chi connectivity index (χ2v) is 6.87. The molecule has 3 rings (SSSR count). The van der Waals surface area contributed by atoms with Crippen LogP contribution in [0.4, 0.5) is 0 Å². The highest BCUT2D eigenvalue weighted by Crippen LogP contribution is 2.26. The number of nitrogens with one attached hydrogen (secondary N) is 1. The Hall–Kier alpha value is -3.08. The predicted molar refractivity (Wildman–Crippen MR) is 109 cm³/mol. The summed E-state index contributed by atoms with van der Waals surface area (Å²) in [7, 11) is 1.64. The van der Waals surface area contributed by atoms with Crippen molar-refractivity contribution >= 4 is 5.91 Å². The smallest absolute Gasteiger partial charge is 0.220 e. The summed E-state index contributed by atoms with van der Waals surface area (Å²) in [4.78, 5) is 16.6. The minimum atomic E-state index is -0.117. The number of benzene rings is 2. The SMILES string of the molecule is COc1ccc(C)cc1C(C)NC(=O)CCCc1ncc(-c2ccccc2)o1. The van der Waals surface area contributed by atoms with E-state index < -0.39 is 0 Å². The standard InChI is InChI=1S/C23H26N2O3/c1-16-12-13-20(27-3)19(14-16)17(2)25-22(26)10-7-11-23-24-15-21(28-23)18-8-5-4-6-9-18/h4-6,8-9,12-15,17H,7,10-11H2,1-3H3,(H,25,26). The van der Waals surface area contributed by atoms with E-state index in [1.165, 1.54) is 0 Å². The fourth-order valence-electron chi connectivity index (χ4n) is 3.15. The lowest BCUT2D eigenvalue weighted by atomic mass is 10.0. The Kier molecular flexibility index (Phi) is 6.48. The van der Waals surface area contributed by atoms with Crippen LogP contribution in [0.5, 0.6) is 5.75 Å². The third kappa shape index (κ3) is 5.00. The van der Waals surface area contributed by atoms with Crippen molar-refractivity contribution in [1.82, 2.24) is 10.3 Å². The molecule has 5 nitrogen and oxygen atoms in total. The zero-order chi connectivity index (χ0) is 19.9. The van der Waals surface area contributed by atoms with Gasteiger partial charge in [0.2, 0.25) is 5.91 Å². The van der Waals surface area contributed by atoms with E-state index in [0.29, 0.717) is 25.2 Å². The van der Waals surface area contributed by atoms with Crippen LogP contribution in [0.3, 0.4) is 0 Å². The first-order valence-corrected chi connectivity index (χ1v) is 9.51. The molecule has 0 saturated heterocycles. The maximum absolute atomic E-state index is 12.3. The molecule has 1 atom stereocenters. The summed E-state index contributed by atoms with van der Waals surface area (Å²) < 4.78 is 11.2. The Morgan fingerprint density at radius 3 is 2.75 bits per heavy atom. The van der Waals surface area contributed by atoms with Gasteiger partial charge in [-0.3, -0.25) is 4.79 Å². The van der Waals surface area contributed by atoms with E-state index in [9.17, 15) is 4.79 Å². The van der Waals surface area contributed by atoms with Crippen LogP contribution >= 0.6 is 0 Å². The van der Waals surface area contributed by atoms with Crippen molar-refractivity contribution in [3.05, 3.63) is 71.7 Å². The molecule has 146 valence electrons. The fourth-order valence-corrected chi connectivity index (χ4v) is 3.15. The molecule has 1 N–H and O–H groups in total. The Labute approximate surface area is 165 Å². The van der Waals surface area contributed by atoms with Crippen molar-refractivity contribution in [2.45, 2.75) is 39.2 Å². The molecule has 0 saturated carbocycles. The molecule has 1 unspecified atom stereocenters. The number of aromatic nitrogens is 1. The molecule has 0 bridgehead atoms. The third-order valence-electron chi connectivity index (χ3n) is 4.64. The summed E-state index contributed by atoms with van der Waals surface area (Å²) in [6.07, 6.45) is 3.46. The maximum atomic E-state index is 12.3. The monoisotopic (exact) mass is 378 g/mol. The second-order valence-electron chi connectivity index (χ2n) is 6.87. The number of nitrogens with zero attached hydrogens (tertiary/aromatic N) is 1. The zero-order valence-electron chi connectivity index (χ0n) is 16.6. The zero-order valence-corrected chi connectivity index (χ0v) is 16.6. The normalized spacial score (nSPS) is 11.8. The summed E-state index contributed by atoms with van der Waals surface area (Å²) in [6, 6.07) is 15.7. The summed E-state index contributed by atoms with van der Waals surface area (Å²) in [5, 5.41) is 3.05. The van der Waals surface area contributed by atoms with Crippen molar-refractivity contribution in [2.75, 3.05) is 7.11 Å². The Morgan fingerprint density at radius 1 is 1.21 bits per heavy atom. The van der Waals surface area contributed by atoms with Crippen LogP contribution in [0.25, 0.3) is 11.3 Å². The van der Waals surface area contributed by atoms with Gasteiger partial charge in [-0.05, 0) is 26.3 Å². The van der Waals surface area contributed by atoms with Gasteiger partial charge in [-0.1, -0.05) is 48.0 Å². The van der Waals surface area contributed by atoms with Gasteiger partial charge in [-0.2, -0.15) is 0 Å². The highest BCUT2D eigenvalue weighted by Gasteiger charge is 2.14. The van der Waals surface area contributed by atoms with Gasteiger partial charge < -0.3 is 14.5 Å². The number of ether oxygens (including phenoxy) is 1. The molecule has 1 heterocycles. The molecule has 0 aliphatic rings. The van der Waals surface area contributed by atoms with Crippen molar-refractivity contribution in [3.8, 4) is 17.1 Å². The van der Waals surface area contributed by atoms with E-state index in [-0.39, 0.29) is 11.9 Å². The number of oxazole rings is 1. The number of carbonyl (C=O) groups is 1. The van der Waals surface area contributed by atoms with Gasteiger partial charge in [0, 0.05) is 24.0 Å². The van der Waals surface area contributed by atoms with Crippen LogP contribution in [0, 0.1) is 6.92 Å². The molecule has 5 heteroatoms. The highest BCUT2D eigenvalue weighted by molar-refractivity contribution is 5.76. The predicted octanol–water partition coefficient (Wildman–Crippen LogP) is 4.86. The van der Waals surface area contributed by atoms with Gasteiger partial charge in [0.25, 0.3) is 0 Å². The Morgan fingerprint density at radius 2 is 2.00 bits per heavy atom. The molecular formula is C23H26N2O3. The largest absolute Gasteiger partial charge is 0.496 e. The molecule has 28 heavy (non-hydrogen) atoms. The maximum Gasteiger partial charge on any atom is 0.220 e. The van der Waals surface area contributed by atoms with E-state index in [4.69, 9.17) is 9.15 Å². The summed E-state index contributed by atoms with van der Waals surface area (Å²) >= 11 is 0. The Balaban J connectivity index is 1.50. The molecule has 1 amide bonds. The van der Waals surface area contributed by atoms with E-state index in [1.54, 1.807) is 13.3 Å². The van der Waals surface area contributed by atoms with Gasteiger partial charge in [0.05, 0.1) is 19.3 Å². The van der Waals surface area contributed by atoms with Crippen LogP contribution < -0.4 is 10.1 Å². The number of amides is 1. The second kappa shape index (κ2) is 9.22.